The first-order valence-corrected chi connectivity index (χ1v) is 10.6. The molecule has 28 heavy (non-hydrogen) atoms. The molecule has 0 aromatic heterocycles. The van der Waals surface area contributed by atoms with Crippen molar-refractivity contribution in [2.75, 3.05) is 24.5 Å². The Morgan fingerprint density at radius 3 is 2.36 bits per heavy atom. The van der Waals surface area contributed by atoms with E-state index in [1.807, 2.05) is 26.8 Å². The molecule has 0 radical (unpaired) electrons. The Hall–Kier alpha value is -2.29. The number of anilines is 1. The zero-order chi connectivity index (χ0) is 21.6. The van der Waals surface area contributed by atoms with E-state index in [4.69, 9.17) is 0 Å². The van der Waals surface area contributed by atoms with Crippen LogP contribution in [0.3, 0.4) is 0 Å². The molecule has 0 saturated carbocycles. The van der Waals surface area contributed by atoms with Crippen LogP contribution in [0.15, 0.2) is 66.0 Å². The van der Waals surface area contributed by atoms with Crippen molar-refractivity contribution in [3.05, 3.63) is 66.5 Å². The highest BCUT2D eigenvalue weighted by molar-refractivity contribution is 5.52. The quantitative estimate of drug-likeness (QED) is 0.254. The van der Waals surface area contributed by atoms with E-state index in [0.29, 0.717) is 0 Å². The summed E-state index contributed by atoms with van der Waals surface area (Å²) in [5, 5.41) is 3.17. The molecule has 1 rings (SSSR count). The first kappa shape index (κ1) is 27.9. The molecule has 0 atom stereocenters. The highest BCUT2D eigenvalue weighted by Gasteiger charge is 2.07. The second kappa shape index (κ2) is 21.0. The van der Waals surface area contributed by atoms with Crippen LogP contribution in [0.1, 0.15) is 59.4 Å². The summed E-state index contributed by atoms with van der Waals surface area (Å²) in [5.74, 6) is 0. The van der Waals surface area contributed by atoms with Crippen molar-refractivity contribution in [3.8, 4) is 0 Å². The van der Waals surface area contributed by atoms with Crippen LogP contribution in [0.4, 0.5) is 5.69 Å². The summed E-state index contributed by atoms with van der Waals surface area (Å²) < 4.78 is 0. The van der Waals surface area contributed by atoms with Crippen LogP contribution in [0.2, 0.25) is 0 Å². The molecule has 0 heterocycles. The molecule has 1 aromatic carbocycles. The van der Waals surface area contributed by atoms with Crippen molar-refractivity contribution in [2.24, 2.45) is 4.99 Å². The number of benzene rings is 1. The van der Waals surface area contributed by atoms with Gasteiger partial charge in [0.15, 0.2) is 0 Å². The van der Waals surface area contributed by atoms with Crippen molar-refractivity contribution >= 4 is 12.4 Å². The van der Waals surface area contributed by atoms with Gasteiger partial charge in [-0.05, 0) is 57.3 Å². The average molecular weight is 386 g/mol. The third kappa shape index (κ3) is 13.9. The third-order valence-electron chi connectivity index (χ3n) is 4.08. The van der Waals surface area contributed by atoms with E-state index in [2.05, 4.69) is 79.6 Å². The Morgan fingerprint density at radius 2 is 1.86 bits per heavy atom. The topological polar surface area (TPSA) is 27.6 Å². The summed E-state index contributed by atoms with van der Waals surface area (Å²) >= 11 is 0. The van der Waals surface area contributed by atoms with E-state index in [-0.39, 0.29) is 0 Å². The van der Waals surface area contributed by atoms with E-state index < -0.39 is 0 Å². The first-order chi connectivity index (χ1) is 13.6. The van der Waals surface area contributed by atoms with Gasteiger partial charge in [0.1, 0.15) is 0 Å². The molecule has 158 valence electrons. The SMILES string of the molecule is C=CNCCN(CCCC)c1ccccc1C.C=N/C=C\C(=C/C)CC.CC. The van der Waals surface area contributed by atoms with Gasteiger partial charge < -0.3 is 10.2 Å². The largest absolute Gasteiger partial charge is 0.390 e. The molecule has 0 fully saturated rings. The van der Waals surface area contributed by atoms with Gasteiger partial charge in [0, 0.05) is 31.5 Å². The number of unbranched alkanes of at least 4 members (excludes halogenated alkanes) is 1. The molecule has 0 unspecified atom stereocenters. The molecule has 0 bridgehead atoms. The second-order valence-corrected chi connectivity index (χ2v) is 6.00. The molecular weight excluding hydrogens is 342 g/mol. The summed E-state index contributed by atoms with van der Waals surface area (Å²) in [6, 6.07) is 8.59. The number of aliphatic imine (C=N–C) groups is 1. The van der Waals surface area contributed by atoms with Crippen molar-refractivity contribution < 1.29 is 0 Å². The minimum atomic E-state index is 0.946. The average Bonchev–Trinajstić information content (AvgIpc) is 2.74. The lowest BCUT2D eigenvalue weighted by molar-refractivity contribution is 0.693. The van der Waals surface area contributed by atoms with E-state index in [9.17, 15) is 0 Å². The fraction of sp³-hybridized carbons (Fsp3) is 0.480. The fourth-order valence-electron chi connectivity index (χ4n) is 2.49. The van der Waals surface area contributed by atoms with Gasteiger partial charge in [0.25, 0.3) is 0 Å². The maximum Gasteiger partial charge on any atom is 0.0396 e. The van der Waals surface area contributed by atoms with Gasteiger partial charge in [-0.2, -0.15) is 0 Å². The molecule has 0 amide bonds. The van der Waals surface area contributed by atoms with Gasteiger partial charge in [-0.3, -0.25) is 4.99 Å². The molecule has 0 saturated heterocycles. The van der Waals surface area contributed by atoms with Gasteiger partial charge in [-0.25, -0.2) is 0 Å². The lowest BCUT2D eigenvalue weighted by atomic mass is 10.1. The van der Waals surface area contributed by atoms with E-state index in [0.717, 1.165) is 26.1 Å². The number of para-hydroxylation sites is 1. The maximum absolute atomic E-state index is 3.68. The van der Waals surface area contributed by atoms with Crippen LogP contribution in [0.5, 0.6) is 0 Å². The van der Waals surface area contributed by atoms with Crippen LogP contribution in [-0.2, 0) is 0 Å². The van der Waals surface area contributed by atoms with Gasteiger partial charge in [0.2, 0.25) is 0 Å². The van der Waals surface area contributed by atoms with Crippen molar-refractivity contribution in [3.63, 3.8) is 0 Å². The number of nitrogens with zero attached hydrogens (tertiary/aromatic N) is 2. The minimum Gasteiger partial charge on any atom is -0.390 e. The van der Waals surface area contributed by atoms with Crippen LogP contribution in [0.25, 0.3) is 0 Å². The minimum absolute atomic E-state index is 0.946. The summed E-state index contributed by atoms with van der Waals surface area (Å²) in [7, 11) is 0. The lowest BCUT2D eigenvalue weighted by Crippen LogP contribution is -2.31. The number of hydrogen-bond donors (Lipinski definition) is 1. The third-order valence-corrected chi connectivity index (χ3v) is 4.08. The van der Waals surface area contributed by atoms with E-state index in [1.165, 1.54) is 29.7 Å². The second-order valence-electron chi connectivity index (χ2n) is 6.00. The maximum atomic E-state index is 3.68. The number of nitrogens with one attached hydrogen (secondary N) is 1. The Kier molecular flexibility index (Phi) is 21.0. The predicted molar refractivity (Wildman–Crippen MR) is 131 cm³/mol. The molecule has 3 heteroatoms. The fourth-order valence-corrected chi connectivity index (χ4v) is 2.49. The lowest BCUT2D eigenvalue weighted by Gasteiger charge is -2.26. The molecule has 1 aromatic rings. The summed E-state index contributed by atoms with van der Waals surface area (Å²) in [4.78, 5) is 6.05. The van der Waals surface area contributed by atoms with Crippen molar-refractivity contribution in [1.82, 2.24) is 5.32 Å². The molecule has 0 spiro atoms. The van der Waals surface area contributed by atoms with Gasteiger partial charge >= 0.3 is 0 Å². The van der Waals surface area contributed by atoms with E-state index >= 15 is 0 Å². The van der Waals surface area contributed by atoms with Crippen LogP contribution < -0.4 is 10.2 Å². The molecule has 0 aliphatic carbocycles. The standard InChI is InChI=1S/C15H24N2.C8H13N.C2H6/c1-4-6-12-17(13-11-16-5-2)15-10-8-7-9-14(15)3;1-4-8(5-2)6-7-9-3;1-2/h5,7-10,16H,2,4,6,11-13H2,1,3H3;4,6-7H,3,5H2,1-2H3;1-2H3/b;7-6-,8-4-;. The predicted octanol–water partition coefficient (Wildman–Crippen LogP) is 6.92. The highest BCUT2D eigenvalue weighted by Crippen LogP contribution is 2.19. The summed E-state index contributed by atoms with van der Waals surface area (Å²) in [6.07, 6.45) is 11.0. The Bertz CT molecular complexity index is 559. The first-order valence-electron chi connectivity index (χ1n) is 10.6. The van der Waals surface area contributed by atoms with Crippen LogP contribution >= 0.6 is 0 Å². The normalized spacial score (nSPS) is 10.3. The molecule has 3 nitrogen and oxygen atoms in total. The van der Waals surface area contributed by atoms with Gasteiger partial charge in [-0.1, -0.05) is 70.5 Å². The summed E-state index contributed by atoms with van der Waals surface area (Å²) in [5.41, 5.74) is 4.00. The van der Waals surface area contributed by atoms with Crippen molar-refractivity contribution in [2.45, 2.75) is 60.8 Å². The molecule has 0 aliphatic heterocycles. The Balaban J connectivity index is 0. The van der Waals surface area contributed by atoms with Gasteiger partial charge in [0.05, 0.1) is 0 Å². The number of aryl methyl sites for hydroxylation is 1. The molecule has 0 aliphatic rings. The van der Waals surface area contributed by atoms with Crippen molar-refractivity contribution in [1.29, 1.82) is 0 Å². The summed E-state index contributed by atoms with van der Waals surface area (Å²) in [6.45, 7) is 22.7. The Labute approximate surface area is 175 Å². The number of rotatable bonds is 11. The number of allylic oxidation sites excluding steroid dienone is 3. The number of hydrogen-bond acceptors (Lipinski definition) is 3. The van der Waals surface area contributed by atoms with Gasteiger partial charge in [-0.15, -0.1) is 0 Å². The van der Waals surface area contributed by atoms with Crippen LogP contribution in [-0.4, -0.2) is 26.4 Å². The van der Waals surface area contributed by atoms with E-state index in [1.54, 1.807) is 12.4 Å². The zero-order valence-corrected chi connectivity index (χ0v) is 19.2. The molecule has 1 N–H and O–H groups in total. The zero-order valence-electron chi connectivity index (χ0n) is 19.2. The van der Waals surface area contributed by atoms with Crippen LogP contribution in [0, 0.1) is 6.92 Å². The highest BCUT2D eigenvalue weighted by atomic mass is 15.1. The molecular formula is C25H43N3. The Morgan fingerprint density at radius 1 is 1.18 bits per heavy atom. The smallest absolute Gasteiger partial charge is 0.0396 e. The monoisotopic (exact) mass is 385 g/mol.